The van der Waals surface area contributed by atoms with E-state index in [4.69, 9.17) is 11.6 Å². The van der Waals surface area contributed by atoms with Gasteiger partial charge >= 0.3 is 0 Å². The molecule has 6 heteroatoms. The Kier molecular flexibility index (Phi) is 5.43. The van der Waals surface area contributed by atoms with Gasteiger partial charge in [-0.05, 0) is 49.8 Å². The van der Waals surface area contributed by atoms with Gasteiger partial charge in [-0.15, -0.1) is 11.6 Å². The summed E-state index contributed by atoms with van der Waals surface area (Å²) in [6.07, 6.45) is 3.13. The third-order valence-electron chi connectivity index (χ3n) is 3.64. The molecule has 0 unspecified atom stereocenters. The summed E-state index contributed by atoms with van der Waals surface area (Å²) >= 11 is 5.66. The molecule has 0 amide bonds. The third-order valence-corrected chi connectivity index (χ3v) is 5.36. The van der Waals surface area contributed by atoms with Crippen LogP contribution in [-0.2, 0) is 16.4 Å². The predicted octanol–water partition coefficient (Wildman–Crippen LogP) is 2.05. The number of aliphatic hydroxyl groups excluding tert-OH is 1. The first kappa shape index (κ1) is 15.8. The number of hydrogen-bond acceptors (Lipinski definition) is 3. The molecule has 0 saturated heterocycles. The van der Waals surface area contributed by atoms with Gasteiger partial charge in [0, 0.05) is 11.9 Å². The second-order valence-corrected chi connectivity index (χ2v) is 7.30. The van der Waals surface area contributed by atoms with Gasteiger partial charge in [0.25, 0.3) is 0 Å². The van der Waals surface area contributed by atoms with Crippen LogP contribution in [0.4, 0.5) is 0 Å². The van der Waals surface area contributed by atoms with Crippen molar-refractivity contribution in [3.8, 4) is 0 Å². The first-order valence-electron chi connectivity index (χ1n) is 6.86. The maximum Gasteiger partial charge on any atom is 0.240 e. The van der Waals surface area contributed by atoms with Gasteiger partial charge in [0.2, 0.25) is 10.0 Å². The molecule has 0 aromatic heterocycles. The van der Waals surface area contributed by atoms with Crippen molar-refractivity contribution < 1.29 is 13.5 Å². The number of nitrogens with one attached hydrogen (secondary N) is 1. The van der Waals surface area contributed by atoms with E-state index in [2.05, 4.69) is 4.72 Å². The maximum atomic E-state index is 12.3. The van der Waals surface area contributed by atoms with Crippen LogP contribution < -0.4 is 4.72 Å². The SMILES string of the molecule is O=S(=O)(NC1CCC(O)CC1)c1ccc(CCCl)cc1. The highest BCUT2D eigenvalue weighted by Crippen LogP contribution is 2.20. The van der Waals surface area contributed by atoms with Crippen molar-refractivity contribution in [2.24, 2.45) is 0 Å². The number of rotatable bonds is 5. The minimum Gasteiger partial charge on any atom is -0.393 e. The first-order chi connectivity index (χ1) is 9.51. The highest BCUT2D eigenvalue weighted by molar-refractivity contribution is 7.89. The summed E-state index contributed by atoms with van der Waals surface area (Å²) in [5.41, 5.74) is 1.03. The van der Waals surface area contributed by atoms with Crippen molar-refractivity contribution in [3.63, 3.8) is 0 Å². The Morgan fingerprint density at radius 3 is 2.30 bits per heavy atom. The van der Waals surface area contributed by atoms with Crippen LogP contribution in [0.3, 0.4) is 0 Å². The largest absolute Gasteiger partial charge is 0.393 e. The van der Waals surface area contributed by atoms with Crippen LogP contribution in [0, 0.1) is 0 Å². The van der Waals surface area contributed by atoms with Gasteiger partial charge in [-0.3, -0.25) is 0 Å². The Bertz CT molecular complexity index is 522. The van der Waals surface area contributed by atoms with Crippen LogP contribution in [0.25, 0.3) is 0 Å². The molecule has 1 aromatic carbocycles. The van der Waals surface area contributed by atoms with E-state index in [0.717, 1.165) is 12.0 Å². The lowest BCUT2D eigenvalue weighted by Crippen LogP contribution is -2.38. The molecule has 1 aromatic rings. The van der Waals surface area contributed by atoms with Gasteiger partial charge < -0.3 is 5.11 Å². The second kappa shape index (κ2) is 6.89. The third kappa shape index (κ3) is 4.19. The number of aryl methyl sites for hydroxylation is 1. The van der Waals surface area contributed by atoms with Crippen LogP contribution in [0.15, 0.2) is 29.2 Å². The average molecular weight is 318 g/mol. The second-order valence-electron chi connectivity index (χ2n) is 5.21. The fourth-order valence-corrected chi connectivity index (χ4v) is 3.95. The molecule has 0 bridgehead atoms. The van der Waals surface area contributed by atoms with Crippen molar-refractivity contribution in [1.82, 2.24) is 4.72 Å². The van der Waals surface area contributed by atoms with Gasteiger partial charge in [0.15, 0.2) is 0 Å². The lowest BCUT2D eigenvalue weighted by atomic mass is 9.94. The summed E-state index contributed by atoms with van der Waals surface area (Å²) in [4.78, 5) is 0.280. The molecule has 0 aliphatic heterocycles. The zero-order valence-electron chi connectivity index (χ0n) is 11.3. The number of benzene rings is 1. The summed E-state index contributed by atoms with van der Waals surface area (Å²) in [7, 11) is -3.47. The van der Waals surface area contributed by atoms with Crippen LogP contribution in [0.2, 0.25) is 0 Å². The Labute approximate surface area is 125 Å². The van der Waals surface area contributed by atoms with Crippen molar-refractivity contribution >= 4 is 21.6 Å². The molecule has 1 aliphatic carbocycles. The van der Waals surface area contributed by atoms with E-state index in [1.54, 1.807) is 24.3 Å². The van der Waals surface area contributed by atoms with Crippen LogP contribution in [0.1, 0.15) is 31.2 Å². The molecule has 1 saturated carbocycles. The molecular formula is C14H20ClNO3S. The van der Waals surface area contributed by atoms with E-state index >= 15 is 0 Å². The van der Waals surface area contributed by atoms with Crippen LogP contribution in [0.5, 0.6) is 0 Å². The minimum atomic E-state index is -3.47. The van der Waals surface area contributed by atoms with Gasteiger partial charge in [0.05, 0.1) is 11.0 Å². The van der Waals surface area contributed by atoms with Gasteiger partial charge in [0.1, 0.15) is 0 Å². The molecule has 0 atom stereocenters. The van der Waals surface area contributed by atoms with Gasteiger partial charge in [-0.25, -0.2) is 13.1 Å². The maximum absolute atomic E-state index is 12.3. The molecule has 0 heterocycles. The number of aliphatic hydroxyl groups is 1. The minimum absolute atomic E-state index is 0.0779. The highest BCUT2D eigenvalue weighted by Gasteiger charge is 2.24. The molecule has 2 rings (SSSR count). The molecule has 0 spiro atoms. The molecule has 0 radical (unpaired) electrons. The number of sulfonamides is 1. The van der Waals surface area contributed by atoms with Crippen molar-refractivity contribution in [2.75, 3.05) is 5.88 Å². The molecule has 2 N–H and O–H groups in total. The summed E-state index contributed by atoms with van der Waals surface area (Å²) in [6, 6.07) is 6.73. The van der Waals surface area contributed by atoms with Crippen molar-refractivity contribution in [2.45, 2.75) is 49.1 Å². The fraction of sp³-hybridized carbons (Fsp3) is 0.571. The summed E-state index contributed by atoms with van der Waals surface area (Å²) in [5, 5.41) is 9.44. The summed E-state index contributed by atoms with van der Waals surface area (Å²) in [6.45, 7) is 0. The molecular weight excluding hydrogens is 298 g/mol. The molecule has 20 heavy (non-hydrogen) atoms. The highest BCUT2D eigenvalue weighted by atomic mass is 35.5. The number of halogens is 1. The Morgan fingerprint density at radius 2 is 1.75 bits per heavy atom. The molecule has 1 fully saturated rings. The van der Waals surface area contributed by atoms with Crippen LogP contribution in [-0.4, -0.2) is 31.6 Å². The van der Waals surface area contributed by atoms with E-state index in [1.165, 1.54) is 0 Å². The lowest BCUT2D eigenvalue weighted by molar-refractivity contribution is 0.120. The van der Waals surface area contributed by atoms with E-state index in [1.807, 2.05) is 0 Å². The smallest absolute Gasteiger partial charge is 0.240 e. The summed E-state index contributed by atoms with van der Waals surface area (Å²) < 4.78 is 27.2. The quantitative estimate of drug-likeness (QED) is 0.817. The normalized spacial score (nSPS) is 23.7. The Balaban J connectivity index is 2.02. The average Bonchev–Trinajstić information content (AvgIpc) is 2.42. The Morgan fingerprint density at radius 1 is 1.15 bits per heavy atom. The first-order valence-corrected chi connectivity index (χ1v) is 8.88. The monoisotopic (exact) mass is 317 g/mol. The molecule has 4 nitrogen and oxygen atoms in total. The molecule has 1 aliphatic rings. The van der Waals surface area contributed by atoms with Gasteiger partial charge in [-0.1, -0.05) is 12.1 Å². The number of hydrogen-bond donors (Lipinski definition) is 2. The zero-order valence-corrected chi connectivity index (χ0v) is 12.8. The molecule has 112 valence electrons. The predicted molar refractivity (Wildman–Crippen MR) is 79.5 cm³/mol. The van der Waals surface area contributed by atoms with Crippen LogP contribution >= 0.6 is 11.6 Å². The number of alkyl halides is 1. The van der Waals surface area contributed by atoms with E-state index in [-0.39, 0.29) is 17.0 Å². The van der Waals surface area contributed by atoms with E-state index in [9.17, 15) is 13.5 Å². The summed E-state index contributed by atoms with van der Waals surface area (Å²) in [5.74, 6) is 0.523. The van der Waals surface area contributed by atoms with Crippen molar-refractivity contribution in [3.05, 3.63) is 29.8 Å². The zero-order chi connectivity index (χ0) is 14.6. The topological polar surface area (TPSA) is 66.4 Å². The lowest BCUT2D eigenvalue weighted by Gasteiger charge is -2.26. The Hall–Kier alpha value is -0.620. The van der Waals surface area contributed by atoms with E-state index < -0.39 is 10.0 Å². The van der Waals surface area contributed by atoms with Gasteiger partial charge in [-0.2, -0.15) is 0 Å². The fourth-order valence-electron chi connectivity index (χ4n) is 2.43. The standard InChI is InChI=1S/C14H20ClNO3S/c15-10-9-11-1-7-14(8-2-11)20(18,19)16-12-3-5-13(17)6-4-12/h1-2,7-8,12-13,16-17H,3-6,9-10H2. The van der Waals surface area contributed by atoms with Crippen molar-refractivity contribution in [1.29, 1.82) is 0 Å². The van der Waals surface area contributed by atoms with E-state index in [0.29, 0.717) is 31.6 Å².